The molecular weight excluding hydrogens is 1040 g/mol. The third-order valence-corrected chi connectivity index (χ3v) is 14.3. The summed E-state index contributed by atoms with van der Waals surface area (Å²) in [6, 6.07) is 0. The highest BCUT2D eigenvalue weighted by Crippen LogP contribution is 2.38. The summed E-state index contributed by atoms with van der Waals surface area (Å²) in [6.07, 6.45) is 90.5. The van der Waals surface area contributed by atoms with Gasteiger partial charge in [0.25, 0.3) is 7.82 Å². The lowest BCUT2D eigenvalue weighted by Crippen LogP contribution is -2.37. The fourth-order valence-corrected chi connectivity index (χ4v) is 9.09. The van der Waals surface area contributed by atoms with Gasteiger partial charge in [-0.2, -0.15) is 0 Å². The van der Waals surface area contributed by atoms with Crippen molar-refractivity contribution in [2.24, 2.45) is 0 Å². The number of hydrogen-bond donors (Lipinski definition) is 0. The molecule has 0 fully saturated rings. The van der Waals surface area contributed by atoms with Gasteiger partial charge in [-0.15, -0.1) is 0 Å². The zero-order valence-electron chi connectivity index (χ0n) is 52.9. The molecule has 0 bridgehead atoms. The van der Waals surface area contributed by atoms with Crippen LogP contribution in [0.25, 0.3) is 0 Å². The van der Waals surface area contributed by atoms with E-state index in [9.17, 15) is 19.0 Å². The van der Waals surface area contributed by atoms with Gasteiger partial charge in [-0.1, -0.05) is 256 Å². The van der Waals surface area contributed by atoms with Gasteiger partial charge in [-0.3, -0.25) is 14.2 Å². The average molecular weight is 1160 g/mol. The molecular formula is C72H120NO8P. The highest BCUT2D eigenvalue weighted by molar-refractivity contribution is 7.45. The molecule has 0 aliphatic carbocycles. The molecule has 0 aromatic carbocycles. The first-order chi connectivity index (χ1) is 40.0. The van der Waals surface area contributed by atoms with E-state index in [0.717, 1.165) is 128 Å². The fraction of sp³-hybridized carbons (Fsp3) is 0.639. The van der Waals surface area contributed by atoms with Gasteiger partial charge in [0.1, 0.15) is 19.8 Å². The van der Waals surface area contributed by atoms with E-state index in [1.165, 1.54) is 83.5 Å². The van der Waals surface area contributed by atoms with E-state index in [1.54, 1.807) is 0 Å². The summed E-state index contributed by atoms with van der Waals surface area (Å²) in [5.74, 6) is -0.854. The van der Waals surface area contributed by atoms with Crippen LogP contribution >= 0.6 is 7.82 Å². The number of esters is 2. The number of allylic oxidation sites excluding steroid dienone is 24. The number of unbranched alkanes of at least 4 members (excludes halogenated alkanes) is 20. The molecule has 0 saturated carbocycles. The van der Waals surface area contributed by atoms with Crippen LogP contribution in [0.4, 0.5) is 0 Å². The molecule has 2 atom stereocenters. The van der Waals surface area contributed by atoms with Crippen molar-refractivity contribution < 1.29 is 42.1 Å². The number of carbonyl (C=O) groups excluding carboxylic acids is 2. The Hall–Kier alpha value is -4.11. The van der Waals surface area contributed by atoms with Crippen molar-refractivity contribution in [2.45, 2.75) is 251 Å². The molecule has 0 saturated heterocycles. The van der Waals surface area contributed by atoms with Gasteiger partial charge in [0.2, 0.25) is 0 Å². The molecule has 82 heavy (non-hydrogen) atoms. The lowest BCUT2D eigenvalue weighted by molar-refractivity contribution is -0.870. The third-order valence-electron chi connectivity index (χ3n) is 13.3. The first-order valence-corrected chi connectivity index (χ1v) is 34.0. The van der Waals surface area contributed by atoms with E-state index in [1.807, 2.05) is 21.1 Å². The SMILES string of the molecule is CC/C=C\C/C=C\C/C=C\C/C=C\C/C=C\C/C=C\C/C=C\C/C=C\C/C=C\C/C=C\CCCCCCCCCCC(=O)OC(COC(=O)CCCCCCCCCCC/C=C\C/C=C\CCCCC)COP(=O)([O-])OCC[N+](C)(C)C. The fourth-order valence-electron chi connectivity index (χ4n) is 8.36. The average Bonchev–Trinajstić information content (AvgIpc) is 3.46. The summed E-state index contributed by atoms with van der Waals surface area (Å²) in [7, 11) is 1.14. The van der Waals surface area contributed by atoms with Crippen molar-refractivity contribution in [3.8, 4) is 0 Å². The molecule has 0 aliphatic rings. The zero-order valence-corrected chi connectivity index (χ0v) is 53.8. The molecule has 10 heteroatoms. The summed E-state index contributed by atoms with van der Waals surface area (Å²) in [6.45, 7) is 4.08. The number of nitrogens with zero attached hydrogens (tertiary/aromatic N) is 1. The quantitative estimate of drug-likeness (QED) is 0.0195. The number of carbonyl (C=O) groups is 2. The molecule has 0 N–H and O–H groups in total. The Morgan fingerprint density at radius 3 is 1.04 bits per heavy atom. The van der Waals surface area contributed by atoms with Crippen LogP contribution in [0, 0.1) is 0 Å². The van der Waals surface area contributed by atoms with Crippen molar-refractivity contribution in [3.63, 3.8) is 0 Å². The summed E-state index contributed by atoms with van der Waals surface area (Å²) in [5, 5.41) is 0. The van der Waals surface area contributed by atoms with Gasteiger partial charge in [0.05, 0.1) is 27.7 Å². The molecule has 0 spiro atoms. The lowest BCUT2D eigenvalue weighted by Gasteiger charge is -2.28. The highest BCUT2D eigenvalue weighted by Gasteiger charge is 2.22. The van der Waals surface area contributed by atoms with Gasteiger partial charge in [0, 0.05) is 12.8 Å². The van der Waals surface area contributed by atoms with Crippen LogP contribution in [0.5, 0.6) is 0 Å². The Morgan fingerprint density at radius 2 is 0.695 bits per heavy atom. The molecule has 0 rings (SSSR count). The smallest absolute Gasteiger partial charge is 0.306 e. The predicted octanol–water partition coefficient (Wildman–Crippen LogP) is 20.4. The number of likely N-dealkylation sites (N-methyl/N-ethyl adjacent to an activating group) is 1. The van der Waals surface area contributed by atoms with Crippen molar-refractivity contribution in [1.82, 2.24) is 0 Å². The van der Waals surface area contributed by atoms with Gasteiger partial charge in [0.15, 0.2) is 6.10 Å². The van der Waals surface area contributed by atoms with Crippen LogP contribution < -0.4 is 4.89 Å². The number of quaternary nitrogens is 1. The van der Waals surface area contributed by atoms with Crippen LogP contribution in [0.15, 0.2) is 146 Å². The van der Waals surface area contributed by atoms with Gasteiger partial charge in [-0.05, 0) is 122 Å². The normalized spacial score (nSPS) is 14.2. The molecule has 0 aliphatic heterocycles. The van der Waals surface area contributed by atoms with E-state index in [0.29, 0.717) is 17.4 Å². The zero-order chi connectivity index (χ0) is 59.8. The topological polar surface area (TPSA) is 111 Å². The first kappa shape index (κ1) is 77.9. The molecule has 0 heterocycles. The number of rotatable bonds is 58. The maximum absolute atomic E-state index is 12.8. The molecule has 9 nitrogen and oxygen atoms in total. The lowest BCUT2D eigenvalue weighted by atomic mass is 10.1. The minimum atomic E-state index is -4.65. The van der Waals surface area contributed by atoms with Crippen LogP contribution in [0.1, 0.15) is 245 Å². The molecule has 466 valence electrons. The predicted molar refractivity (Wildman–Crippen MR) is 350 cm³/mol. The Kier molecular flexibility index (Phi) is 58.4. The summed E-state index contributed by atoms with van der Waals surface area (Å²) in [4.78, 5) is 38.0. The summed E-state index contributed by atoms with van der Waals surface area (Å²) in [5.41, 5.74) is 0. The van der Waals surface area contributed by atoms with Crippen LogP contribution in [0.3, 0.4) is 0 Å². The van der Waals surface area contributed by atoms with E-state index in [-0.39, 0.29) is 26.1 Å². The van der Waals surface area contributed by atoms with Gasteiger partial charge >= 0.3 is 11.9 Å². The number of ether oxygens (including phenoxy) is 2. The van der Waals surface area contributed by atoms with Crippen molar-refractivity contribution in [3.05, 3.63) is 146 Å². The maximum Gasteiger partial charge on any atom is 0.306 e. The maximum atomic E-state index is 12.8. The monoisotopic (exact) mass is 1160 g/mol. The van der Waals surface area contributed by atoms with E-state index in [4.69, 9.17) is 18.5 Å². The van der Waals surface area contributed by atoms with E-state index in [2.05, 4.69) is 160 Å². The minimum Gasteiger partial charge on any atom is -0.756 e. The summed E-state index contributed by atoms with van der Waals surface area (Å²) < 4.78 is 34.2. The second-order valence-electron chi connectivity index (χ2n) is 22.4. The second kappa shape index (κ2) is 61.5. The summed E-state index contributed by atoms with van der Waals surface area (Å²) >= 11 is 0. The van der Waals surface area contributed by atoms with E-state index < -0.39 is 32.5 Å². The second-order valence-corrected chi connectivity index (χ2v) is 23.8. The number of hydrogen-bond acceptors (Lipinski definition) is 8. The third kappa shape index (κ3) is 65.0. The Balaban J connectivity index is 4.15. The molecule has 0 radical (unpaired) electrons. The van der Waals surface area contributed by atoms with Crippen molar-refractivity contribution in [2.75, 3.05) is 47.5 Å². The standard InChI is InChI=1S/C72H120NO8P/c1-6-8-10-12-14-16-18-20-22-24-26-27-28-29-30-31-32-33-34-35-36-37-38-39-40-41-42-43-44-45-47-49-51-53-55-57-59-61-63-65-72(75)81-70(69-80-82(76,77)79-67-66-73(3,4)5)68-78-71(74)64-62-60-58-56-54-52-50-48-46-25-23-21-19-17-15-13-11-9-7-2/h8,10,14-17,20-23,26-27,29-30,32-33,35-36,38-39,41-42,44-45,70H,6-7,9,11-13,18-19,24-25,28,31,34,37,40,43,46-69H2,1-5H3/b10-8-,16-14-,17-15-,22-20-,23-21-,27-26-,30-29-,33-32-,36-35-,39-38-,42-41-,45-44-. The van der Waals surface area contributed by atoms with Gasteiger partial charge in [-0.25, -0.2) is 0 Å². The molecule has 2 unspecified atom stereocenters. The Morgan fingerprint density at radius 1 is 0.390 bits per heavy atom. The van der Waals surface area contributed by atoms with Crippen molar-refractivity contribution in [1.29, 1.82) is 0 Å². The minimum absolute atomic E-state index is 0.0402. The molecule has 0 amide bonds. The van der Waals surface area contributed by atoms with E-state index >= 15 is 0 Å². The largest absolute Gasteiger partial charge is 0.756 e. The Bertz CT molecular complexity index is 1890. The van der Waals surface area contributed by atoms with Crippen LogP contribution in [-0.4, -0.2) is 70.0 Å². The number of phosphoric ester groups is 1. The van der Waals surface area contributed by atoms with Crippen molar-refractivity contribution >= 4 is 19.8 Å². The van der Waals surface area contributed by atoms with Crippen LogP contribution in [0.2, 0.25) is 0 Å². The van der Waals surface area contributed by atoms with Crippen LogP contribution in [-0.2, 0) is 32.7 Å². The molecule has 0 aromatic heterocycles. The van der Waals surface area contributed by atoms with Gasteiger partial charge < -0.3 is 27.9 Å². The molecule has 0 aromatic rings. The highest BCUT2D eigenvalue weighted by atomic mass is 31.2. The Labute approximate surface area is 503 Å². The first-order valence-electron chi connectivity index (χ1n) is 32.5. The number of phosphoric acid groups is 1.